The maximum Gasteiger partial charge on any atom is 0.275 e. The van der Waals surface area contributed by atoms with Gasteiger partial charge in [-0.2, -0.15) is 0 Å². The average molecular weight is 352 g/mol. The van der Waals surface area contributed by atoms with Crippen LogP contribution in [-0.2, 0) is 4.79 Å². The third kappa shape index (κ3) is 4.72. The van der Waals surface area contributed by atoms with Crippen LogP contribution < -0.4 is 10.6 Å². The largest absolute Gasteiger partial charge is 0.463 e. The predicted molar refractivity (Wildman–Crippen MR) is 84.6 cm³/mol. The molecule has 2 atom stereocenters. The molecule has 0 aliphatic carbocycles. The molecule has 1 heterocycles. The number of hydrogen-bond donors (Lipinski definition) is 2. The molecule has 0 bridgehead atoms. The summed E-state index contributed by atoms with van der Waals surface area (Å²) in [6, 6.07) is 11.9. The topological polar surface area (TPSA) is 58.9 Å². The van der Waals surface area contributed by atoms with Gasteiger partial charge in [-0.15, -0.1) is 0 Å². The van der Waals surface area contributed by atoms with E-state index in [4.69, 9.17) is 4.42 Å². The number of carbonyl (C=O) groups excluding carboxylic acids is 1. The number of benzene rings is 1. The lowest BCUT2D eigenvalue weighted by molar-refractivity contribution is -0.684. The molecule has 21 heavy (non-hydrogen) atoms. The predicted octanol–water partition coefficient (Wildman–Crippen LogP) is 2.54. The zero-order valence-corrected chi connectivity index (χ0v) is 13.8. The van der Waals surface area contributed by atoms with Gasteiger partial charge in [0.25, 0.3) is 5.91 Å². The third-order valence-corrected chi connectivity index (χ3v) is 3.92. The molecular weight excluding hydrogens is 332 g/mol. The molecule has 0 unspecified atom stereocenters. The van der Waals surface area contributed by atoms with Gasteiger partial charge < -0.3 is 15.1 Å². The first kappa shape index (κ1) is 15.8. The summed E-state index contributed by atoms with van der Waals surface area (Å²) in [6.45, 7) is 4.38. The van der Waals surface area contributed by atoms with E-state index in [0.29, 0.717) is 6.54 Å². The minimum atomic E-state index is -0.00193. The van der Waals surface area contributed by atoms with Crippen LogP contribution in [-0.4, -0.2) is 12.5 Å². The van der Waals surface area contributed by atoms with Gasteiger partial charge in [-0.05, 0) is 43.7 Å². The Morgan fingerprint density at radius 2 is 2.00 bits per heavy atom. The van der Waals surface area contributed by atoms with Crippen molar-refractivity contribution in [3.8, 4) is 0 Å². The molecule has 0 spiro atoms. The molecule has 1 amide bonds. The second-order valence-electron chi connectivity index (χ2n) is 5.08. The van der Waals surface area contributed by atoms with Crippen molar-refractivity contribution in [1.29, 1.82) is 0 Å². The Labute approximate surface area is 133 Å². The summed E-state index contributed by atoms with van der Waals surface area (Å²) in [5.74, 6) is 0.896. The number of amides is 1. The van der Waals surface area contributed by atoms with E-state index in [9.17, 15) is 4.79 Å². The molecule has 0 radical (unpaired) electrons. The SMILES string of the molecule is C[C@H](NC(=O)C[NH2+][C@H](C)c1ccco1)c1ccc(Br)cc1. The molecule has 2 aromatic rings. The van der Waals surface area contributed by atoms with Crippen LogP contribution in [0.2, 0.25) is 0 Å². The number of quaternary nitrogens is 1. The molecule has 112 valence electrons. The molecule has 0 fully saturated rings. The van der Waals surface area contributed by atoms with Gasteiger partial charge in [0.05, 0.1) is 12.3 Å². The van der Waals surface area contributed by atoms with Gasteiger partial charge in [-0.25, -0.2) is 0 Å². The van der Waals surface area contributed by atoms with Gasteiger partial charge in [-0.1, -0.05) is 28.1 Å². The van der Waals surface area contributed by atoms with Crippen LogP contribution in [0, 0.1) is 0 Å². The van der Waals surface area contributed by atoms with Gasteiger partial charge >= 0.3 is 0 Å². The van der Waals surface area contributed by atoms with Gasteiger partial charge in [0.2, 0.25) is 0 Å². The van der Waals surface area contributed by atoms with Crippen molar-refractivity contribution in [2.75, 3.05) is 6.54 Å². The minimum absolute atomic E-state index is 0.00193. The Bertz CT molecular complexity index is 566. The number of halogens is 1. The van der Waals surface area contributed by atoms with Gasteiger partial charge in [0.15, 0.2) is 12.3 Å². The monoisotopic (exact) mass is 351 g/mol. The Hall–Kier alpha value is -1.59. The zero-order valence-electron chi connectivity index (χ0n) is 12.2. The lowest BCUT2D eigenvalue weighted by Crippen LogP contribution is -2.87. The summed E-state index contributed by atoms with van der Waals surface area (Å²) >= 11 is 3.40. The van der Waals surface area contributed by atoms with E-state index in [1.54, 1.807) is 6.26 Å². The number of furan rings is 1. The first-order valence-electron chi connectivity index (χ1n) is 6.98. The summed E-state index contributed by atoms with van der Waals surface area (Å²) in [4.78, 5) is 12.0. The highest BCUT2D eigenvalue weighted by molar-refractivity contribution is 9.10. The number of carbonyl (C=O) groups is 1. The Morgan fingerprint density at radius 3 is 2.62 bits per heavy atom. The Morgan fingerprint density at radius 1 is 1.29 bits per heavy atom. The van der Waals surface area contributed by atoms with Crippen molar-refractivity contribution in [3.05, 3.63) is 58.5 Å². The summed E-state index contributed by atoms with van der Waals surface area (Å²) in [6.07, 6.45) is 1.65. The molecule has 0 aliphatic rings. The van der Waals surface area contributed by atoms with E-state index in [1.165, 1.54) is 0 Å². The fourth-order valence-corrected chi connectivity index (χ4v) is 2.35. The molecule has 0 saturated carbocycles. The van der Waals surface area contributed by atoms with Crippen molar-refractivity contribution in [3.63, 3.8) is 0 Å². The maximum absolute atomic E-state index is 12.0. The van der Waals surface area contributed by atoms with Crippen LogP contribution in [0.4, 0.5) is 0 Å². The van der Waals surface area contributed by atoms with Crippen LogP contribution in [0.1, 0.15) is 37.3 Å². The summed E-state index contributed by atoms with van der Waals surface area (Å²) < 4.78 is 6.35. The van der Waals surface area contributed by atoms with E-state index in [1.807, 2.05) is 55.6 Å². The molecule has 0 aliphatic heterocycles. The molecule has 4 nitrogen and oxygen atoms in total. The Kier molecular flexibility index (Phi) is 5.59. The van der Waals surface area contributed by atoms with Crippen LogP contribution in [0.3, 0.4) is 0 Å². The highest BCUT2D eigenvalue weighted by atomic mass is 79.9. The van der Waals surface area contributed by atoms with E-state index in [0.717, 1.165) is 15.8 Å². The zero-order chi connectivity index (χ0) is 15.2. The standard InChI is InChI=1S/C16H19BrN2O2/c1-11(13-5-7-14(17)8-6-13)19-16(20)10-18-12(2)15-4-3-9-21-15/h3-9,11-12,18H,10H2,1-2H3,(H,19,20)/p+1/t11-,12+/m0/s1. The third-order valence-electron chi connectivity index (χ3n) is 3.40. The highest BCUT2D eigenvalue weighted by Gasteiger charge is 2.15. The maximum atomic E-state index is 12.0. The molecular formula is C16H20BrN2O2+. The Balaban J connectivity index is 1.80. The summed E-state index contributed by atoms with van der Waals surface area (Å²) in [5, 5.41) is 4.96. The second-order valence-corrected chi connectivity index (χ2v) is 6.00. The van der Waals surface area contributed by atoms with Crippen LogP contribution in [0.25, 0.3) is 0 Å². The van der Waals surface area contributed by atoms with Crippen molar-refractivity contribution in [1.82, 2.24) is 5.32 Å². The van der Waals surface area contributed by atoms with E-state index < -0.39 is 0 Å². The quantitative estimate of drug-likeness (QED) is 0.840. The molecule has 5 heteroatoms. The summed E-state index contributed by atoms with van der Waals surface area (Å²) in [7, 11) is 0. The first-order valence-corrected chi connectivity index (χ1v) is 7.77. The number of nitrogens with one attached hydrogen (secondary N) is 1. The normalized spacial score (nSPS) is 13.7. The number of nitrogens with two attached hydrogens (primary N) is 1. The van der Waals surface area contributed by atoms with Crippen LogP contribution >= 0.6 is 15.9 Å². The minimum Gasteiger partial charge on any atom is -0.463 e. The van der Waals surface area contributed by atoms with Gasteiger partial charge in [-0.3, -0.25) is 4.79 Å². The van der Waals surface area contributed by atoms with Crippen LogP contribution in [0.5, 0.6) is 0 Å². The molecule has 1 aromatic heterocycles. The molecule has 2 rings (SSSR count). The van der Waals surface area contributed by atoms with Crippen molar-refractivity contribution < 1.29 is 14.5 Å². The van der Waals surface area contributed by atoms with Gasteiger partial charge in [0, 0.05) is 4.47 Å². The summed E-state index contributed by atoms with van der Waals surface area (Å²) in [5.41, 5.74) is 1.09. The number of hydrogen-bond acceptors (Lipinski definition) is 2. The smallest absolute Gasteiger partial charge is 0.275 e. The molecule has 3 N–H and O–H groups in total. The first-order chi connectivity index (χ1) is 10.1. The second kappa shape index (κ2) is 7.43. The van der Waals surface area contributed by atoms with Crippen molar-refractivity contribution in [2.24, 2.45) is 0 Å². The lowest BCUT2D eigenvalue weighted by Gasteiger charge is -2.15. The number of rotatable bonds is 6. The molecule has 1 aromatic carbocycles. The van der Waals surface area contributed by atoms with E-state index in [-0.39, 0.29) is 18.0 Å². The fraction of sp³-hybridized carbons (Fsp3) is 0.312. The van der Waals surface area contributed by atoms with Crippen molar-refractivity contribution in [2.45, 2.75) is 25.9 Å². The lowest BCUT2D eigenvalue weighted by atomic mass is 10.1. The van der Waals surface area contributed by atoms with E-state index in [2.05, 4.69) is 21.2 Å². The van der Waals surface area contributed by atoms with E-state index >= 15 is 0 Å². The van der Waals surface area contributed by atoms with Crippen LogP contribution in [0.15, 0.2) is 51.6 Å². The van der Waals surface area contributed by atoms with Crippen molar-refractivity contribution >= 4 is 21.8 Å². The molecule has 0 saturated heterocycles. The highest BCUT2D eigenvalue weighted by Crippen LogP contribution is 2.16. The van der Waals surface area contributed by atoms with Gasteiger partial charge in [0.1, 0.15) is 6.04 Å². The average Bonchev–Trinajstić information content (AvgIpc) is 2.99. The fourth-order valence-electron chi connectivity index (χ4n) is 2.09.